The average molecular weight is 295 g/mol. The van der Waals surface area contributed by atoms with Gasteiger partial charge in [-0.2, -0.15) is 0 Å². The quantitative estimate of drug-likeness (QED) is 0.899. The van der Waals surface area contributed by atoms with Crippen molar-refractivity contribution in [3.63, 3.8) is 0 Å². The van der Waals surface area contributed by atoms with E-state index < -0.39 is 0 Å². The van der Waals surface area contributed by atoms with Crippen molar-refractivity contribution in [2.45, 2.75) is 52.2 Å². The van der Waals surface area contributed by atoms with Crippen LogP contribution in [0.15, 0.2) is 24.3 Å². The van der Waals surface area contributed by atoms with Crippen molar-refractivity contribution < 1.29 is 0 Å². The van der Waals surface area contributed by atoms with Crippen LogP contribution in [0.5, 0.6) is 0 Å². The molecule has 1 saturated heterocycles. The maximum atomic E-state index is 6.15. The number of hydrogen-bond acceptors (Lipinski definition) is 2. The van der Waals surface area contributed by atoms with Gasteiger partial charge in [0, 0.05) is 36.2 Å². The maximum absolute atomic E-state index is 6.15. The normalized spacial score (nSPS) is 25.9. The standard InChI is InChI=1S/C17H27ClN2/c1-5-16-10-19-17(12(2)3)11-20(16)13(4)14-7-6-8-15(18)9-14/h6-9,12-13,16-17,19H,5,10-11H2,1-4H3. The number of nitrogens with zero attached hydrogens (tertiary/aromatic N) is 1. The molecule has 0 amide bonds. The Morgan fingerprint density at radius 1 is 1.35 bits per heavy atom. The molecule has 1 aliphatic rings. The fraction of sp³-hybridized carbons (Fsp3) is 0.647. The minimum absolute atomic E-state index is 0.419. The molecule has 0 saturated carbocycles. The van der Waals surface area contributed by atoms with Crippen molar-refractivity contribution in [1.82, 2.24) is 10.2 Å². The summed E-state index contributed by atoms with van der Waals surface area (Å²) in [5.41, 5.74) is 1.32. The maximum Gasteiger partial charge on any atom is 0.0409 e. The lowest BCUT2D eigenvalue weighted by atomic mass is 9.95. The predicted octanol–water partition coefficient (Wildman–Crippen LogP) is 4.11. The minimum Gasteiger partial charge on any atom is -0.311 e. The molecule has 2 rings (SSSR count). The third-order valence-corrected chi connectivity index (χ3v) is 4.83. The molecule has 0 aliphatic carbocycles. The van der Waals surface area contributed by atoms with E-state index in [1.807, 2.05) is 6.07 Å². The van der Waals surface area contributed by atoms with E-state index in [1.165, 1.54) is 12.0 Å². The highest BCUT2D eigenvalue weighted by molar-refractivity contribution is 6.30. The summed E-state index contributed by atoms with van der Waals surface area (Å²) in [6.45, 7) is 11.4. The molecular weight excluding hydrogens is 268 g/mol. The van der Waals surface area contributed by atoms with Gasteiger partial charge in [-0.25, -0.2) is 0 Å². The molecule has 1 heterocycles. The topological polar surface area (TPSA) is 15.3 Å². The molecule has 0 spiro atoms. The molecule has 3 unspecified atom stereocenters. The Morgan fingerprint density at radius 3 is 2.70 bits per heavy atom. The summed E-state index contributed by atoms with van der Waals surface area (Å²) in [5, 5.41) is 4.53. The van der Waals surface area contributed by atoms with E-state index in [2.05, 4.69) is 56.1 Å². The smallest absolute Gasteiger partial charge is 0.0409 e. The summed E-state index contributed by atoms with van der Waals surface area (Å²) in [7, 11) is 0. The van der Waals surface area contributed by atoms with E-state index in [1.54, 1.807) is 0 Å². The molecule has 0 bridgehead atoms. The van der Waals surface area contributed by atoms with E-state index >= 15 is 0 Å². The first-order valence-electron chi connectivity index (χ1n) is 7.77. The Balaban J connectivity index is 2.17. The number of benzene rings is 1. The Kier molecular flexibility index (Phi) is 5.48. The van der Waals surface area contributed by atoms with Crippen LogP contribution in [-0.4, -0.2) is 30.1 Å². The van der Waals surface area contributed by atoms with Crippen LogP contribution >= 0.6 is 11.6 Å². The van der Waals surface area contributed by atoms with Crippen LogP contribution in [0.1, 0.15) is 45.7 Å². The lowest BCUT2D eigenvalue weighted by Gasteiger charge is -2.45. The molecule has 0 aromatic heterocycles. The molecular formula is C17H27ClN2. The zero-order valence-electron chi connectivity index (χ0n) is 13.1. The van der Waals surface area contributed by atoms with Gasteiger partial charge in [-0.1, -0.05) is 44.5 Å². The Hall–Kier alpha value is -0.570. The highest BCUT2D eigenvalue weighted by Gasteiger charge is 2.31. The van der Waals surface area contributed by atoms with Crippen molar-refractivity contribution in [1.29, 1.82) is 0 Å². The number of nitrogens with one attached hydrogen (secondary N) is 1. The summed E-state index contributed by atoms with van der Waals surface area (Å²) in [6.07, 6.45) is 1.18. The SMILES string of the molecule is CCC1CNC(C(C)C)CN1C(C)c1cccc(Cl)c1. The van der Waals surface area contributed by atoms with Gasteiger partial charge in [0.2, 0.25) is 0 Å². The van der Waals surface area contributed by atoms with Gasteiger partial charge >= 0.3 is 0 Å². The monoisotopic (exact) mass is 294 g/mol. The van der Waals surface area contributed by atoms with Crippen LogP contribution in [0, 0.1) is 5.92 Å². The molecule has 1 fully saturated rings. The predicted molar refractivity (Wildman–Crippen MR) is 87.3 cm³/mol. The Labute approximate surface area is 128 Å². The fourth-order valence-corrected chi connectivity index (χ4v) is 3.30. The first kappa shape index (κ1) is 15.8. The lowest BCUT2D eigenvalue weighted by molar-refractivity contribution is 0.0736. The van der Waals surface area contributed by atoms with Crippen LogP contribution in [0.4, 0.5) is 0 Å². The highest BCUT2D eigenvalue weighted by atomic mass is 35.5. The molecule has 0 radical (unpaired) electrons. The van der Waals surface area contributed by atoms with E-state index in [-0.39, 0.29) is 0 Å². The van der Waals surface area contributed by atoms with Gasteiger partial charge < -0.3 is 5.32 Å². The molecule has 112 valence electrons. The summed E-state index contributed by atoms with van der Waals surface area (Å²) in [6, 6.07) is 9.91. The first-order chi connectivity index (χ1) is 9.52. The van der Waals surface area contributed by atoms with Crippen molar-refractivity contribution in [3.8, 4) is 0 Å². The van der Waals surface area contributed by atoms with Crippen LogP contribution in [-0.2, 0) is 0 Å². The second-order valence-electron chi connectivity index (χ2n) is 6.25. The Morgan fingerprint density at radius 2 is 2.10 bits per heavy atom. The fourth-order valence-electron chi connectivity index (χ4n) is 3.10. The molecule has 3 atom stereocenters. The van der Waals surface area contributed by atoms with Gasteiger partial charge in [-0.05, 0) is 37.0 Å². The van der Waals surface area contributed by atoms with Crippen LogP contribution in [0.3, 0.4) is 0 Å². The molecule has 1 aliphatic heterocycles. The van der Waals surface area contributed by atoms with Gasteiger partial charge in [0.15, 0.2) is 0 Å². The van der Waals surface area contributed by atoms with Crippen LogP contribution in [0.2, 0.25) is 5.02 Å². The summed E-state index contributed by atoms with van der Waals surface area (Å²) < 4.78 is 0. The van der Waals surface area contributed by atoms with E-state index in [4.69, 9.17) is 11.6 Å². The molecule has 3 heteroatoms. The zero-order valence-corrected chi connectivity index (χ0v) is 13.8. The van der Waals surface area contributed by atoms with E-state index in [0.717, 1.165) is 18.1 Å². The molecule has 1 aromatic rings. The zero-order chi connectivity index (χ0) is 14.7. The number of halogens is 1. The van der Waals surface area contributed by atoms with Gasteiger partial charge in [0.25, 0.3) is 0 Å². The van der Waals surface area contributed by atoms with E-state index in [0.29, 0.717) is 24.0 Å². The second kappa shape index (κ2) is 6.93. The average Bonchev–Trinajstić information content (AvgIpc) is 2.45. The molecule has 20 heavy (non-hydrogen) atoms. The number of piperazine rings is 1. The third-order valence-electron chi connectivity index (χ3n) is 4.60. The summed E-state index contributed by atoms with van der Waals surface area (Å²) >= 11 is 6.15. The summed E-state index contributed by atoms with van der Waals surface area (Å²) in [5.74, 6) is 0.668. The number of rotatable bonds is 4. The van der Waals surface area contributed by atoms with Crippen LogP contribution in [0.25, 0.3) is 0 Å². The van der Waals surface area contributed by atoms with Gasteiger partial charge in [-0.15, -0.1) is 0 Å². The van der Waals surface area contributed by atoms with Gasteiger partial charge in [0.05, 0.1) is 0 Å². The molecule has 1 N–H and O–H groups in total. The number of hydrogen-bond donors (Lipinski definition) is 1. The van der Waals surface area contributed by atoms with Crippen molar-refractivity contribution in [2.75, 3.05) is 13.1 Å². The van der Waals surface area contributed by atoms with Gasteiger partial charge in [0.1, 0.15) is 0 Å². The second-order valence-corrected chi connectivity index (χ2v) is 6.69. The van der Waals surface area contributed by atoms with Crippen molar-refractivity contribution >= 4 is 11.6 Å². The third kappa shape index (κ3) is 3.55. The van der Waals surface area contributed by atoms with Crippen LogP contribution < -0.4 is 5.32 Å². The minimum atomic E-state index is 0.419. The Bertz CT molecular complexity index is 433. The highest BCUT2D eigenvalue weighted by Crippen LogP contribution is 2.28. The van der Waals surface area contributed by atoms with Gasteiger partial charge in [-0.3, -0.25) is 4.90 Å². The van der Waals surface area contributed by atoms with Crippen molar-refractivity contribution in [3.05, 3.63) is 34.9 Å². The first-order valence-corrected chi connectivity index (χ1v) is 8.15. The largest absolute Gasteiger partial charge is 0.311 e. The van der Waals surface area contributed by atoms with E-state index in [9.17, 15) is 0 Å². The molecule has 1 aromatic carbocycles. The lowest BCUT2D eigenvalue weighted by Crippen LogP contribution is -2.58. The summed E-state index contributed by atoms with van der Waals surface area (Å²) in [4.78, 5) is 2.65. The van der Waals surface area contributed by atoms with Crippen molar-refractivity contribution in [2.24, 2.45) is 5.92 Å². The molecule has 2 nitrogen and oxygen atoms in total.